The van der Waals surface area contributed by atoms with Gasteiger partial charge in [-0.1, -0.05) is 45.0 Å². The van der Waals surface area contributed by atoms with Gasteiger partial charge in [0.1, 0.15) is 5.76 Å². The molecule has 0 radical (unpaired) electrons. The van der Waals surface area contributed by atoms with Crippen LogP contribution in [0.2, 0.25) is 0 Å². The molecule has 3 aromatic rings. The molecule has 2 aromatic carbocycles. The predicted molar refractivity (Wildman–Crippen MR) is 121 cm³/mol. The summed E-state index contributed by atoms with van der Waals surface area (Å²) in [5, 5.41) is 0. The van der Waals surface area contributed by atoms with E-state index in [0.717, 1.165) is 16.8 Å². The minimum absolute atomic E-state index is 0.0506. The van der Waals surface area contributed by atoms with Gasteiger partial charge in [-0.05, 0) is 54.7 Å². The molecule has 7 nitrogen and oxygen atoms in total. The number of oxazole rings is 1. The number of sulfonamides is 1. The summed E-state index contributed by atoms with van der Waals surface area (Å²) in [6, 6.07) is 13.4. The van der Waals surface area contributed by atoms with Crippen molar-refractivity contribution in [1.29, 1.82) is 0 Å². The fourth-order valence-corrected chi connectivity index (χ4v) is 3.98. The molecule has 0 saturated heterocycles. The van der Waals surface area contributed by atoms with Crippen LogP contribution in [0, 0.1) is 13.8 Å². The van der Waals surface area contributed by atoms with Crippen LogP contribution in [0.4, 0.5) is 0 Å². The standard InChI is InChI=1S/C24H28N2O5S/c1-16-17(2)31-22(26-16)15-30-23(27)19-8-6-18(7-9-19)14-25-32(28,29)21-12-10-20(11-13-21)24(3,4)5/h6-13,25H,14-15H2,1-5H3. The minimum atomic E-state index is -3.65. The topological polar surface area (TPSA) is 98.5 Å². The maximum atomic E-state index is 12.6. The molecule has 0 atom stereocenters. The Hall–Kier alpha value is -2.97. The molecule has 0 fully saturated rings. The highest BCUT2D eigenvalue weighted by atomic mass is 32.2. The van der Waals surface area contributed by atoms with Crippen LogP contribution in [0.15, 0.2) is 57.8 Å². The van der Waals surface area contributed by atoms with Gasteiger partial charge in [0.05, 0.1) is 16.2 Å². The monoisotopic (exact) mass is 456 g/mol. The van der Waals surface area contributed by atoms with Gasteiger partial charge in [-0.25, -0.2) is 22.9 Å². The molecule has 0 amide bonds. The largest absolute Gasteiger partial charge is 0.452 e. The number of aromatic nitrogens is 1. The second kappa shape index (κ2) is 9.26. The van der Waals surface area contributed by atoms with Gasteiger partial charge in [0, 0.05) is 6.54 Å². The van der Waals surface area contributed by atoms with Crippen molar-refractivity contribution in [3.05, 3.63) is 82.6 Å². The molecule has 170 valence electrons. The normalized spacial score (nSPS) is 12.0. The van der Waals surface area contributed by atoms with E-state index in [1.54, 1.807) is 43.3 Å². The van der Waals surface area contributed by atoms with Crippen molar-refractivity contribution >= 4 is 16.0 Å². The van der Waals surface area contributed by atoms with E-state index >= 15 is 0 Å². The number of nitrogens with zero attached hydrogens (tertiary/aromatic N) is 1. The molecule has 0 bridgehead atoms. The van der Waals surface area contributed by atoms with Crippen LogP contribution in [0.3, 0.4) is 0 Å². The van der Waals surface area contributed by atoms with Gasteiger partial charge in [0.15, 0.2) is 6.61 Å². The van der Waals surface area contributed by atoms with Gasteiger partial charge in [-0.2, -0.15) is 0 Å². The molecule has 0 aliphatic heterocycles. The van der Waals surface area contributed by atoms with Gasteiger partial charge >= 0.3 is 5.97 Å². The number of hydrogen-bond acceptors (Lipinski definition) is 6. The Morgan fingerprint density at radius 1 is 1.03 bits per heavy atom. The summed E-state index contributed by atoms with van der Waals surface area (Å²) in [5.74, 6) is 0.521. The molecule has 1 N–H and O–H groups in total. The Morgan fingerprint density at radius 3 is 2.19 bits per heavy atom. The van der Waals surface area contributed by atoms with E-state index in [1.807, 2.05) is 19.1 Å². The number of ether oxygens (including phenoxy) is 1. The van der Waals surface area contributed by atoms with Gasteiger partial charge in [0.25, 0.3) is 0 Å². The molecule has 0 unspecified atom stereocenters. The number of rotatable bonds is 7. The van der Waals surface area contributed by atoms with Crippen LogP contribution in [-0.2, 0) is 33.3 Å². The van der Waals surface area contributed by atoms with E-state index < -0.39 is 16.0 Å². The molecule has 0 aliphatic rings. The molecule has 1 heterocycles. The average molecular weight is 457 g/mol. The highest BCUT2D eigenvalue weighted by molar-refractivity contribution is 7.89. The fraction of sp³-hybridized carbons (Fsp3) is 0.333. The van der Waals surface area contributed by atoms with Gasteiger partial charge in [0.2, 0.25) is 15.9 Å². The Labute approximate surface area is 188 Å². The fourth-order valence-electron chi connectivity index (χ4n) is 2.97. The highest BCUT2D eigenvalue weighted by Gasteiger charge is 2.18. The van der Waals surface area contributed by atoms with Crippen LogP contribution in [0.25, 0.3) is 0 Å². The lowest BCUT2D eigenvalue weighted by Gasteiger charge is -2.19. The summed E-state index contributed by atoms with van der Waals surface area (Å²) in [5.41, 5.74) is 2.84. The van der Waals surface area contributed by atoms with Crippen molar-refractivity contribution in [3.8, 4) is 0 Å². The van der Waals surface area contributed by atoms with Crippen molar-refractivity contribution in [2.45, 2.75) is 58.1 Å². The van der Waals surface area contributed by atoms with E-state index in [1.165, 1.54) is 0 Å². The molecule has 0 saturated carbocycles. The maximum absolute atomic E-state index is 12.6. The maximum Gasteiger partial charge on any atom is 0.338 e. The summed E-state index contributed by atoms with van der Waals surface area (Å²) < 4.78 is 38.4. The minimum Gasteiger partial charge on any atom is -0.452 e. The summed E-state index contributed by atoms with van der Waals surface area (Å²) in [7, 11) is -3.65. The lowest BCUT2D eigenvalue weighted by atomic mass is 9.87. The van der Waals surface area contributed by atoms with E-state index in [4.69, 9.17) is 9.15 Å². The number of aryl methyl sites for hydroxylation is 2. The van der Waals surface area contributed by atoms with Crippen LogP contribution in [-0.4, -0.2) is 19.4 Å². The van der Waals surface area contributed by atoms with Crippen LogP contribution in [0.5, 0.6) is 0 Å². The van der Waals surface area contributed by atoms with Crippen molar-refractivity contribution in [1.82, 2.24) is 9.71 Å². The van der Waals surface area contributed by atoms with Crippen molar-refractivity contribution in [2.24, 2.45) is 0 Å². The smallest absolute Gasteiger partial charge is 0.338 e. The second-order valence-corrected chi connectivity index (χ2v) is 10.4. The SMILES string of the molecule is Cc1nc(COC(=O)c2ccc(CNS(=O)(=O)c3ccc(C(C)(C)C)cc3)cc2)oc1C. The Morgan fingerprint density at radius 2 is 1.66 bits per heavy atom. The second-order valence-electron chi connectivity index (χ2n) is 8.62. The Bertz CT molecular complexity index is 1170. The summed E-state index contributed by atoms with van der Waals surface area (Å²) in [4.78, 5) is 16.6. The number of carbonyl (C=O) groups is 1. The van der Waals surface area contributed by atoms with E-state index in [2.05, 4.69) is 30.5 Å². The van der Waals surface area contributed by atoms with Crippen molar-refractivity contribution < 1.29 is 22.4 Å². The first-order chi connectivity index (χ1) is 15.0. The van der Waals surface area contributed by atoms with Crippen LogP contribution < -0.4 is 4.72 Å². The molecular formula is C24H28N2O5S. The molecule has 0 aliphatic carbocycles. The zero-order valence-electron chi connectivity index (χ0n) is 18.9. The number of nitrogens with one attached hydrogen (secondary N) is 1. The molecule has 8 heteroatoms. The Balaban J connectivity index is 1.57. The van der Waals surface area contributed by atoms with E-state index in [0.29, 0.717) is 17.2 Å². The summed E-state index contributed by atoms with van der Waals surface area (Å²) in [6.45, 7) is 9.88. The van der Waals surface area contributed by atoms with E-state index in [9.17, 15) is 13.2 Å². The zero-order valence-corrected chi connectivity index (χ0v) is 19.7. The first-order valence-corrected chi connectivity index (χ1v) is 11.7. The summed E-state index contributed by atoms with van der Waals surface area (Å²) >= 11 is 0. The quantitative estimate of drug-likeness (QED) is 0.528. The number of carbonyl (C=O) groups excluding carboxylic acids is 1. The molecule has 0 spiro atoms. The summed E-state index contributed by atoms with van der Waals surface area (Å²) in [6.07, 6.45) is 0. The van der Waals surface area contributed by atoms with Crippen LogP contribution in [0.1, 0.15) is 59.6 Å². The lowest BCUT2D eigenvalue weighted by molar-refractivity contribution is 0.0437. The Kier molecular flexibility index (Phi) is 6.85. The number of esters is 1. The lowest BCUT2D eigenvalue weighted by Crippen LogP contribution is -2.23. The van der Waals surface area contributed by atoms with Gasteiger partial charge in [-0.3, -0.25) is 0 Å². The van der Waals surface area contributed by atoms with Gasteiger partial charge in [-0.15, -0.1) is 0 Å². The molecule has 3 rings (SSSR count). The van der Waals surface area contributed by atoms with Crippen LogP contribution >= 0.6 is 0 Å². The molecular weight excluding hydrogens is 428 g/mol. The molecule has 32 heavy (non-hydrogen) atoms. The highest BCUT2D eigenvalue weighted by Crippen LogP contribution is 2.23. The number of benzene rings is 2. The third-order valence-corrected chi connectivity index (χ3v) is 6.50. The first-order valence-electron chi connectivity index (χ1n) is 10.2. The third-order valence-electron chi connectivity index (χ3n) is 5.09. The number of hydrogen-bond donors (Lipinski definition) is 1. The zero-order chi connectivity index (χ0) is 23.5. The van der Waals surface area contributed by atoms with Crippen molar-refractivity contribution in [2.75, 3.05) is 0 Å². The van der Waals surface area contributed by atoms with Crippen molar-refractivity contribution in [3.63, 3.8) is 0 Å². The predicted octanol–water partition coefficient (Wildman–Crippen LogP) is 4.42. The van der Waals surface area contributed by atoms with E-state index in [-0.39, 0.29) is 23.5 Å². The third kappa shape index (κ3) is 5.83. The van der Waals surface area contributed by atoms with Gasteiger partial charge < -0.3 is 9.15 Å². The average Bonchev–Trinajstić information content (AvgIpc) is 3.08. The molecule has 1 aromatic heterocycles. The first kappa shape index (κ1) is 23.7.